The molecule has 0 unspecified atom stereocenters. The van der Waals surface area contributed by atoms with Gasteiger partial charge in [-0.2, -0.15) is 0 Å². The molecule has 5 rings (SSSR count). The molecule has 0 aromatic heterocycles. The molecule has 2 aliphatic rings. The number of carbonyl (C=O) groups is 1. The smallest absolute Gasteiger partial charge is 0.340 e. The van der Waals surface area contributed by atoms with Crippen LogP contribution in [0.3, 0.4) is 0 Å². The summed E-state index contributed by atoms with van der Waals surface area (Å²) in [5.74, 6) is 1.63. The Morgan fingerprint density at radius 3 is 2.00 bits per heavy atom. The van der Waals surface area contributed by atoms with E-state index in [1.807, 2.05) is 54.6 Å². The zero-order valence-corrected chi connectivity index (χ0v) is 26.0. The second-order valence-corrected chi connectivity index (χ2v) is 11.9. The largest absolute Gasteiger partial charge is 0.456 e. The average Bonchev–Trinajstić information content (AvgIpc) is 3.22. The maximum atomic E-state index is 13.1. The third-order valence-corrected chi connectivity index (χ3v) is 8.23. The molecule has 0 N–H and O–H groups in total. The molecule has 3 aromatic carbocycles. The van der Waals surface area contributed by atoms with Crippen LogP contribution in [0.5, 0.6) is 11.5 Å². The Balaban J connectivity index is 1.22. The Morgan fingerprint density at radius 1 is 0.700 bits per heavy atom. The highest BCUT2D eigenvalue weighted by Crippen LogP contribution is 2.56. The van der Waals surface area contributed by atoms with Crippen LogP contribution in [0.25, 0.3) is 0 Å². The molecule has 212 valence electrons. The van der Waals surface area contributed by atoms with Crippen molar-refractivity contribution in [3.05, 3.63) is 91.4 Å². The van der Waals surface area contributed by atoms with E-state index >= 15 is 0 Å². The van der Waals surface area contributed by atoms with Gasteiger partial charge in [-0.05, 0) is 66.9 Å². The SMILES string of the molecule is O=C1OC2(c3ccc(Br)cc3Oc3cc(Br)ccc32)c2cc(COCCOCCOCCCCCCCl)ccc21. The number of ether oxygens (including phenoxy) is 5. The van der Waals surface area contributed by atoms with Gasteiger partial charge < -0.3 is 23.7 Å². The quantitative estimate of drug-likeness (QED) is 0.0965. The van der Waals surface area contributed by atoms with Crippen molar-refractivity contribution in [3.63, 3.8) is 0 Å². The van der Waals surface area contributed by atoms with Crippen molar-refractivity contribution in [2.24, 2.45) is 0 Å². The summed E-state index contributed by atoms with van der Waals surface area (Å²) in [6.07, 6.45) is 4.42. The third-order valence-electron chi connectivity index (χ3n) is 6.98. The molecular formula is C31H31Br2ClO6. The van der Waals surface area contributed by atoms with E-state index in [1.54, 1.807) is 0 Å². The summed E-state index contributed by atoms with van der Waals surface area (Å²) in [7, 11) is 0. The van der Waals surface area contributed by atoms with E-state index in [9.17, 15) is 4.79 Å². The molecule has 0 atom stereocenters. The second-order valence-electron chi connectivity index (χ2n) is 9.71. The highest BCUT2D eigenvalue weighted by molar-refractivity contribution is 9.10. The van der Waals surface area contributed by atoms with Crippen LogP contribution in [0.4, 0.5) is 0 Å². The number of carbonyl (C=O) groups excluding carboxylic acids is 1. The van der Waals surface area contributed by atoms with Gasteiger partial charge in [0.2, 0.25) is 0 Å². The first-order valence-corrected chi connectivity index (χ1v) is 15.6. The van der Waals surface area contributed by atoms with Crippen LogP contribution in [0.1, 0.15) is 58.3 Å². The summed E-state index contributed by atoms with van der Waals surface area (Å²) in [5.41, 5.74) is 2.71. The molecule has 0 saturated heterocycles. The van der Waals surface area contributed by atoms with Gasteiger partial charge in [0, 0.05) is 38.1 Å². The number of halogens is 3. The molecule has 6 nitrogen and oxygen atoms in total. The topological polar surface area (TPSA) is 63.2 Å². The van der Waals surface area contributed by atoms with Gasteiger partial charge in [-0.1, -0.05) is 50.8 Å². The van der Waals surface area contributed by atoms with Gasteiger partial charge in [-0.15, -0.1) is 11.6 Å². The van der Waals surface area contributed by atoms with Gasteiger partial charge >= 0.3 is 5.97 Å². The third kappa shape index (κ3) is 6.42. The number of benzene rings is 3. The van der Waals surface area contributed by atoms with Crippen LogP contribution in [0.15, 0.2) is 63.5 Å². The summed E-state index contributed by atoms with van der Waals surface area (Å²) in [4.78, 5) is 13.1. The first-order valence-electron chi connectivity index (χ1n) is 13.5. The monoisotopic (exact) mass is 692 g/mol. The zero-order valence-electron chi connectivity index (χ0n) is 22.1. The summed E-state index contributed by atoms with van der Waals surface area (Å²) in [6, 6.07) is 17.3. The molecule has 0 bridgehead atoms. The molecule has 0 saturated carbocycles. The van der Waals surface area contributed by atoms with Gasteiger partial charge in [0.25, 0.3) is 0 Å². The Bertz CT molecular complexity index is 1300. The van der Waals surface area contributed by atoms with E-state index in [1.165, 1.54) is 0 Å². The molecular weight excluding hydrogens is 664 g/mol. The van der Waals surface area contributed by atoms with Crippen LogP contribution in [-0.2, 0) is 31.2 Å². The van der Waals surface area contributed by atoms with E-state index in [0.717, 1.165) is 69.4 Å². The molecule has 0 aliphatic carbocycles. The van der Waals surface area contributed by atoms with E-state index in [0.29, 0.717) is 50.1 Å². The molecule has 0 fully saturated rings. The predicted octanol–water partition coefficient (Wildman–Crippen LogP) is 8.13. The minimum absolute atomic E-state index is 0.363. The van der Waals surface area contributed by atoms with Gasteiger partial charge in [0.05, 0.1) is 38.6 Å². The Hall–Kier alpha value is -1.94. The summed E-state index contributed by atoms with van der Waals surface area (Å²) in [5, 5.41) is 0. The fourth-order valence-electron chi connectivity index (χ4n) is 5.09. The maximum Gasteiger partial charge on any atom is 0.340 e. The van der Waals surface area contributed by atoms with Crippen LogP contribution in [0.2, 0.25) is 0 Å². The molecule has 2 heterocycles. The van der Waals surface area contributed by atoms with Crippen molar-refractivity contribution in [3.8, 4) is 11.5 Å². The number of alkyl halides is 1. The highest BCUT2D eigenvalue weighted by Gasteiger charge is 2.53. The van der Waals surface area contributed by atoms with E-state index < -0.39 is 5.60 Å². The van der Waals surface area contributed by atoms with Gasteiger partial charge in [-0.3, -0.25) is 0 Å². The lowest BCUT2D eigenvalue weighted by molar-refractivity contribution is 0.00996. The number of unbranched alkanes of at least 4 members (excludes halogenated alkanes) is 3. The number of rotatable bonds is 14. The predicted molar refractivity (Wildman–Crippen MR) is 161 cm³/mol. The first kappa shape index (κ1) is 29.5. The van der Waals surface area contributed by atoms with Crippen LogP contribution in [-0.4, -0.2) is 44.9 Å². The Kier molecular flexibility index (Phi) is 10.2. The number of esters is 1. The zero-order chi connectivity index (χ0) is 28.0. The molecule has 0 radical (unpaired) electrons. The highest BCUT2D eigenvalue weighted by atomic mass is 79.9. The lowest BCUT2D eigenvalue weighted by Gasteiger charge is -2.36. The number of hydrogen-bond acceptors (Lipinski definition) is 6. The van der Waals surface area contributed by atoms with Gasteiger partial charge in [0.1, 0.15) is 11.5 Å². The molecule has 40 heavy (non-hydrogen) atoms. The molecule has 9 heteroatoms. The minimum Gasteiger partial charge on any atom is -0.456 e. The minimum atomic E-state index is -1.11. The average molecular weight is 695 g/mol. The van der Waals surface area contributed by atoms with Crippen molar-refractivity contribution in [2.45, 2.75) is 37.9 Å². The van der Waals surface area contributed by atoms with Crippen molar-refractivity contribution in [2.75, 3.05) is 38.9 Å². The van der Waals surface area contributed by atoms with E-state index in [-0.39, 0.29) is 5.97 Å². The number of fused-ring (bicyclic) bond motifs is 6. The normalized spacial score (nSPS) is 14.4. The van der Waals surface area contributed by atoms with Crippen molar-refractivity contribution in [1.29, 1.82) is 0 Å². The van der Waals surface area contributed by atoms with Crippen LogP contribution >= 0.6 is 43.5 Å². The fraction of sp³-hybridized carbons (Fsp3) is 0.387. The van der Waals surface area contributed by atoms with Gasteiger partial charge in [-0.25, -0.2) is 4.79 Å². The fourth-order valence-corrected chi connectivity index (χ4v) is 5.96. The number of hydrogen-bond donors (Lipinski definition) is 0. The van der Waals surface area contributed by atoms with Crippen molar-refractivity contribution in [1.82, 2.24) is 0 Å². The van der Waals surface area contributed by atoms with E-state index in [4.69, 9.17) is 35.3 Å². The summed E-state index contributed by atoms with van der Waals surface area (Å²) in [6.45, 7) is 3.20. The Morgan fingerprint density at radius 2 is 1.32 bits per heavy atom. The van der Waals surface area contributed by atoms with Crippen LogP contribution in [0, 0.1) is 0 Å². The molecule has 0 amide bonds. The summed E-state index contributed by atoms with van der Waals surface area (Å²) >= 11 is 12.8. The molecule has 2 aliphatic heterocycles. The Labute approximate surface area is 256 Å². The first-order chi connectivity index (χ1) is 19.5. The van der Waals surface area contributed by atoms with Crippen molar-refractivity contribution < 1.29 is 28.5 Å². The maximum absolute atomic E-state index is 13.1. The summed E-state index contributed by atoms with van der Waals surface area (Å²) < 4.78 is 31.4. The molecule has 3 aromatic rings. The van der Waals surface area contributed by atoms with Crippen molar-refractivity contribution >= 4 is 49.4 Å². The molecule has 1 spiro atoms. The van der Waals surface area contributed by atoms with Gasteiger partial charge in [0.15, 0.2) is 5.60 Å². The standard InChI is InChI=1S/C31H31Br2ClO6/c32-22-6-9-25-28(18-22)39-29-19-23(33)7-10-26(29)31(25)27-17-21(5-8-24(27)30(35)40-31)20-38-16-15-37-14-13-36-12-4-2-1-3-11-34/h5-10,17-19H,1-4,11-16,20H2. The second kappa shape index (κ2) is 13.8. The van der Waals surface area contributed by atoms with Crippen LogP contribution < -0.4 is 4.74 Å². The lowest BCUT2D eigenvalue weighted by atomic mass is 9.77. The lowest BCUT2D eigenvalue weighted by Crippen LogP contribution is -2.33. The van der Waals surface area contributed by atoms with E-state index in [2.05, 4.69) is 31.9 Å².